The fourth-order valence-electron chi connectivity index (χ4n) is 2.53. The number of hydrogen-bond acceptors (Lipinski definition) is 3. The Morgan fingerprint density at radius 3 is 2.81 bits per heavy atom. The third kappa shape index (κ3) is 3.14. The molecule has 3 heteroatoms. The number of benzene rings is 1. The zero-order chi connectivity index (χ0) is 14.7. The summed E-state index contributed by atoms with van der Waals surface area (Å²) in [5.74, 6) is 0. The molecule has 21 heavy (non-hydrogen) atoms. The Bertz CT molecular complexity index is 733. The van der Waals surface area contributed by atoms with Crippen LogP contribution in [0.3, 0.4) is 0 Å². The van der Waals surface area contributed by atoms with Crippen LogP contribution < -0.4 is 5.32 Å². The lowest BCUT2D eigenvalue weighted by atomic mass is 10.0. The van der Waals surface area contributed by atoms with E-state index >= 15 is 0 Å². The van der Waals surface area contributed by atoms with E-state index in [1.807, 2.05) is 23.6 Å². The number of thiophene rings is 1. The second kappa shape index (κ2) is 6.37. The second-order valence-electron chi connectivity index (χ2n) is 5.30. The molecule has 2 nitrogen and oxygen atoms in total. The molecule has 0 bridgehead atoms. The maximum Gasteiger partial charge on any atom is 0.0702 e. The Balaban J connectivity index is 2.00. The first-order valence-corrected chi connectivity index (χ1v) is 8.24. The molecule has 0 radical (unpaired) electrons. The van der Waals surface area contributed by atoms with Gasteiger partial charge in [-0.3, -0.25) is 4.98 Å². The number of pyridine rings is 1. The number of nitrogens with zero attached hydrogens (tertiary/aromatic N) is 1. The van der Waals surface area contributed by atoms with Gasteiger partial charge in [-0.05, 0) is 49.7 Å². The molecule has 108 valence electrons. The average Bonchev–Trinajstić information content (AvgIpc) is 2.94. The molecule has 0 amide bonds. The lowest BCUT2D eigenvalue weighted by Gasteiger charge is -2.18. The van der Waals surface area contributed by atoms with Gasteiger partial charge in [-0.25, -0.2) is 0 Å². The molecule has 0 saturated heterocycles. The van der Waals surface area contributed by atoms with Gasteiger partial charge < -0.3 is 5.32 Å². The molecule has 2 heterocycles. The van der Waals surface area contributed by atoms with Gasteiger partial charge in [-0.2, -0.15) is 0 Å². The van der Waals surface area contributed by atoms with E-state index in [1.165, 1.54) is 20.7 Å². The molecule has 0 spiro atoms. The van der Waals surface area contributed by atoms with Gasteiger partial charge >= 0.3 is 0 Å². The molecule has 0 aliphatic carbocycles. The van der Waals surface area contributed by atoms with Crippen LogP contribution in [0.1, 0.15) is 34.7 Å². The molecular formula is C18H20N2S. The van der Waals surface area contributed by atoms with Crippen molar-refractivity contribution >= 4 is 22.2 Å². The van der Waals surface area contributed by atoms with Crippen LogP contribution in [0.25, 0.3) is 10.9 Å². The number of para-hydroxylation sites is 1. The van der Waals surface area contributed by atoms with E-state index in [0.717, 1.165) is 18.5 Å². The standard InChI is InChI=1S/C18H20N2S/c1-3-10-19-18(17-9-8-13(2)21-17)15-11-14-6-4-5-7-16(14)20-12-15/h4-9,11-12,18-19H,3,10H2,1-2H3. The number of aryl methyl sites for hydroxylation is 1. The molecule has 0 fully saturated rings. The first-order chi connectivity index (χ1) is 10.3. The van der Waals surface area contributed by atoms with E-state index in [-0.39, 0.29) is 6.04 Å². The lowest BCUT2D eigenvalue weighted by Crippen LogP contribution is -2.22. The van der Waals surface area contributed by atoms with Crippen molar-refractivity contribution < 1.29 is 0 Å². The van der Waals surface area contributed by atoms with E-state index in [4.69, 9.17) is 0 Å². The Morgan fingerprint density at radius 1 is 1.19 bits per heavy atom. The van der Waals surface area contributed by atoms with Crippen LogP contribution in [0.5, 0.6) is 0 Å². The number of aromatic nitrogens is 1. The van der Waals surface area contributed by atoms with Crippen molar-refractivity contribution in [2.24, 2.45) is 0 Å². The molecule has 2 aromatic heterocycles. The maximum atomic E-state index is 4.61. The minimum atomic E-state index is 0.237. The van der Waals surface area contributed by atoms with Gasteiger partial charge in [0.15, 0.2) is 0 Å². The molecule has 1 atom stereocenters. The monoisotopic (exact) mass is 296 g/mol. The van der Waals surface area contributed by atoms with Crippen LogP contribution in [0.15, 0.2) is 48.7 Å². The summed E-state index contributed by atoms with van der Waals surface area (Å²) in [4.78, 5) is 7.32. The van der Waals surface area contributed by atoms with Gasteiger partial charge in [-0.1, -0.05) is 25.1 Å². The minimum absolute atomic E-state index is 0.237. The Hall–Kier alpha value is -1.71. The summed E-state index contributed by atoms with van der Waals surface area (Å²) in [6.07, 6.45) is 3.13. The van der Waals surface area contributed by atoms with Crippen molar-refractivity contribution in [3.05, 3.63) is 64.0 Å². The van der Waals surface area contributed by atoms with Crippen LogP contribution in [-0.4, -0.2) is 11.5 Å². The van der Waals surface area contributed by atoms with Crippen molar-refractivity contribution in [1.82, 2.24) is 10.3 Å². The normalized spacial score (nSPS) is 12.7. The predicted octanol–water partition coefficient (Wildman–Crippen LogP) is 4.69. The molecular weight excluding hydrogens is 276 g/mol. The molecule has 3 rings (SSSR count). The van der Waals surface area contributed by atoms with Crippen LogP contribution in [-0.2, 0) is 0 Å². The van der Waals surface area contributed by atoms with Crippen molar-refractivity contribution in [1.29, 1.82) is 0 Å². The number of nitrogens with one attached hydrogen (secondary N) is 1. The van der Waals surface area contributed by atoms with Gasteiger partial charge in [-0.15, -0.1) is 11.3 Å². The molecule has 1 aromatic carbocycles. The van der Waals surface area contributed by atoms with E-state index in [2.05, 4.69) is 60.5 Å². The van der Waals surface area contributed by atoms with Crippen LogP contribution in [0.4, 0.5) is 0 Å². The highest BCUT2D eigenvalue weighted by atomic mass is 32.1. The maximum absolute atomic E-state index is 4.61. The second-order valence-corrected chi connectivity index (χ2v) is 6.62. The van der Waals surface area contributed by atoms with Gasteiger partial charge in [0.25, 0.3) is 0 Å². The highest BCUT2D eigenvalue weighted by Gasteiger charge is 2.16. The first-order valence-electron chi connectivity index (χ1n) is 7.42. The predicted molar refractivity (Wildman–Crippen MR) is 90.9 cm³/mol. The Morgan fingerprint density at radius 2 is 2.05 bits per heavy atom. The largest absolute Gasteiger partial charge is 0.306 e. The SMILES string of the molecule is CCCNC(c1cnc2ccccc2c1)c1ccc(C)s1. The molecule has 0 aliphatic rings. The summed E-state index contributed by atoms with van der Waals surface area (Å²) < 4.78 is 0. The van der Waals surface area contributed by atoms with Crippen LogP contribution in [0.2, 0.25) is 0 Å². The molecule has 0 aliphatic heterocycles. The fraction of sp³-hybridized carbons (Fsp3) is 0.278. The number of fused-ring (bicyclic) bond motifs is 1. The molecule has 1 unspecified atom stereocenters. The molecule has 3 aromatic rings. The van der Waals surface area contributed by atoms with Crippen LogP contribution in [0, 0.1) is 6.92 Å². The Labute approximate surface area is 129 Å². The fourth-order valence-corrected chi connectivity index (χ4v) is 3.51. The number of rotatable bonds is 5. The highest BCUT2D eigenvalue weighted by Crippen LogP contribution is 2.29. The van der Waals surface area contributed by atoms with E-state index in [1.54, 1.807) is 0 Å². The zero-order valence-corrected chi connectivity index (χ0v) is 13.3. The van der Waals surface area contributed by atoms with E-state index < -0.39 is 0 Å². The summed E-state index contributed by atoms with van der Waals surface area (Å²) in [5.41, 5.74) is 2.29. The number of hydrogen-bond donors (Lipinski definition) is 1. The van der Waals surface area contributed by atoms with Gasteiger partial charge in [0, 0.05) is 21.3 Å². The van der Waals surface area contributed by atoms with E-state index in [9.17, 15) is 0 Å². The quantitative estimate of drug-likeness (QED) is 0.738. The topological polar surface area (TPSA) is 24.9 Å². The van der Waals surface area contributed by atoms with Crippen molar-refractivity contribution in [2.75, 3.05) is 6.54 Å². The van der Waals surface area contributed by atoms with E-state index in [0.29, 0.717) is 0 Å². The van der Waals surface area contributed by atoms with Gasteiger partial charge in [0.1, 0.15) is 0 Å². The van der Waals surface area contributed by atoms with Gasteiger partial charge in [0.05, 0.1) is 11.6 Å². The Kier molecular flexibility index (Phi) is 4.32. The summed E-state index contributed by atoms with van der Waals surface area (Å²) in [5, 5.41) is 4.85. The summed E-state index contributed by atoms with van der Waals surface area (Å²) in [7, 11) is 0. The minimum Gasteiger partial charge on any atom is -0.306 e. The lowest BCUT2D eigenvalue weighted by molar-refractivity contribution is 0.605. The van der Waals surface area contributed by atoms with Crippen molar-refractivity contribution in [2.45, 2.75) is 26.3 Å². The zero-order valence-electron chi connectivity index (χ0n) is 12.5. The third-order valence-corrected chi connectivity index (χ3v) is 4.65. The average molecular weight is 296 g/mol. The molecule has 0 saturated carbocycles. The summed E-state index contributed by atoms with van der Waals surface area (Å²) >= 11 is 1.86. The molecule has 1 N–H and O–H groups in total. The van der Waals surface area contributed by atoms with Crippen LogP contribution >= 0.6 is 11.3 Å². The van der Waals surface area contributed by atoms with Gasteiger partial charge in [0.2, 0.25) is 0 Å². The van der Waals surface area contributed by atoms with Crippen molar-refractivity contribution in [3.8, 4) is 0 Å². The third-order valence-electron chi connectivity index (χ3n) is 3.59. The first kappa shape index (κ1) is 14.2. The highest BCUT2D eigenvalue weighted by molar-refractivity contribution is 7.12. The summed E-state index contributed by atoms with van der Waals surface area (Å²) in [6, 6.07) is 15.2. The van der Waals surface area contributed by atoms with Crippen molar-refractivity contribution in [3.63, 3.8) is 0 Å². The summed E-state index contributed by atoms with van der Waals surface area (Å²) in [6.45, 7) is 5.36. The smallest absolute Gasteiger partial charge is 0.0702 e.